The number of rotatable bonds is 59. The van der Waals surface area contributed by atoms with Crippen molar-refractivity contribution in [3.8, 4) is 0 Å². The molecule has 0 saturated heterocycles. The molecule has 73 heavy (non-hydrogen) atoms. The molecule has 0 rings (SSSR count). The lowest BCUT2D eigenvalue weighted by Crippen LogP contribution is -2.45. The van der Waals surface area contributed by atoms with Gasteiger partial charge >= 0.3 is 0 Å². The van der Waals surface area contributed by atoms with Gasteiger partial charge in [-0.3, -0.25) is 9.36 Å². The number of aliphatic hydroxyl groups is 1. The molecule has 0 aliphatic rings. The van der Waals surface area contributed by atoms with Crippen LogP contribution in [-0.2, 0) is 18.4 Å². The molecule has 0 heterocycles. The third-order valence-electron chi connectivity index (χ3n) is 14.6. The van der Waals surface area contributed by atoms with Crippen molar-refractivity contribution in [3.05, 3.63) is 36.5 Å². The fraction of sp³-hybridized carbons (Fsp3) is 0.891. The van der Waals surface area contributed by atoms with E-state index < -0.39 is 20.0 Å². The Labute approximate surface area is 455 Å². The van der Waals surface area contributed by atoms with E-state index in [0.717, 1.165) is 38.5 Å². The van der Waals surface area contributed by atoms with Gasteiger partial charge in [0.1, 0.15) is 13.2 Å². The minimum absolute atomic E-state index is 0.00459. The maximum Gasteiger partial charge on any atom is 0.268 e. The molecule has 3 atom stereocenters. The van der Waals surface area contributed by atoms with Crippen molar-refractivity contribution in [1.29, 1.82) is 0 Å². The number of quaternary nitrogens is 1. The molecule has 8 nitrogen and oxygen atoms in total. The van der Waals surface area contributed by atoms with Crippen LogP contribution in [0.25, 0.3) is 0 Å². The van der Waals surface area contributed by atoms with E-state index in [1.165, 1.54) is 257 Å². The topological polar surface area (TPSA) is 108 Å². The summed E-state index contributed by atoms with van der Waals surface area (Å²) in [7, 11) is 1.26. The average molecular weight is 1050 g/mol. The SMILES string of the molecule is CCCCCCCCCC/C=C\CCCCCCCCCCCCCCCCCCCCCCCCCC(=O)NC(COP(=O)([O-])OCC[N+](C)(C)C)C(O)/C=C/CC/C=C/CCCCCCCCCCCC. The third kappa shape index (κ3) is 58.2. The first-order valence-electron chi connectivity index (χ1n) is 31.9. The average Bonchev–Trinajstić information content (AvgIpc) is 3.35. The van der Waals surface area contributed by atoms with Gasteiger partial charge in [-0.2, -0.15) is 0 Å². The van der Waals surface area contributed by atoms with Crippen LogP contribution < -0.4 is 10.2 Å². The van der Waals surface area contributed by atoms with Crippen LogP contribution in [0.15, 0.2) is 36.5 Å². The number of unbranched alkanes of at least 4 members (excludes halogenated alkanes) is 42. The lowest BCUT2D eigenvalue weighted by atomic mass is 10.0. The summed E-state index contributed by atoms with van der Waals surface area (Å²) in [6.45, 7) is 4.66. The number of phosphoric acid groups is 1. The number of carbonyl (C=O) groups excluding carboxylic acids is 1. The molecule has 0 fully saturated rings. The first-order chi connectivity index (χ1) is 35.5. The molecule has 0 spiro atoms. The molecule has 9 heteroatoms. The highest BCUT2D eigenvalue weighted by Gasteiger charge is 2.23. The lowest BCUT2D eigenvalue weighted by molar-refractivity contribution is -0.870. The summed E-state index contributed by atoms with van der Waals surface area (Å²) >= 11 is 0. The predicted octanol–water partition coefficient (Wildman–Crippen LogP) is 19.1. The summed E-state index contributed by atoms with van der Waals surface area (Å²) in [6.07, 6.45) is 72.6. The Hall–Kier alpha value is -1.28. The predicted molar refractivity (Wildman–Crippen MR) is 316 cm³/mol. The number of phosphoric ester groups is 1. The van der Waals surface area contributed by atoms with E-state index in [9.17, 15) is 19.4 Å². The Bertz CT molecular complexity index is 1280. The lowest BCUT2D eigenvalue weighted by Gasteiger charge is -2.29. The normalized spacial score (nSPS) is 14.0. The summed E-state index contributed by atoms with van der Waals surface area (Å²) in [5.74, 6) is -0.202. The molecule has 0 radical (unpaired) electrons. The summed E-state index contributed by atoms with van der Waals surface area (Å²) in [5.41, 5.74) is 0. The van der Waals surface area contributed by atoms with Crippen LogP contribution in [0, 0.1) is 0 Å². The first kappa shape index (κ1) is 71.7. The Balaban J connectivity index is 3.98. The van der Waals surface area contributed by atoms with Gasteiger partial charge in [-0.15, -0.1) is 0 Å². The smallest absolute Gasteiger partial charge is 0.268 e. The highest BCUT2D eigenvalue weighted by Crippen LogP contribution is 2.38. The summed E-state index contributed by atoms with van der Waals surface area (Å²) in [6, 6.07) is -0.901. The van der Waals surface area contributed by atoms with Gasteiger partial charge < -0.3 is 28.8 Å². The molecule has 2 N–H and O–H groups in total. The number of nitrogens with one attached hydrogen (secondary N) is 1. The highest BCUT2D eigenvalue weighted by atomic mass is 31.2. The number of nitrogens with zero attached hydrogens (tertiary/aromatic N) is 1. The van der Waals surface area contributed by atoms with E-state index in [2.05, 4.69) is 43.5 Å². The number of carbonyl (C=O) groups is 1. The molecule has 0 aromatic carbocycles. The Morgan fingerprint density at radius 1 is 0.466 bits per heavy atom. The minimum atomic E-state index is -4.60. The second kappa shape index (κ2) is 55.5. The molecule has 0 aliphatic carbocycles. The van der Waals surface area contributed by atoms with Crippen molar-refractivity contribution < 1.29 is 32.9 Å². The van der Waals surface area contributed by atoms with Crippen molar-refractivity contribution in [3.63, 3.8) is 0 Å². The Kier molecular flexibility index (Phi) is 54.5. The number of aliphatic hydroxyl groups excluding tert-OH is 1. The molecule has 0 aromatic heterocycles. The summed E-state index contributed by atoms with van der Waals surface area (Å²) in [5, 5.41) is 13.9. The van der Waals surface area contributed by atoms with Crippen LogP contribution in [0.4, 0.5) is 0 Å². The molecular formula is C64H125N2O6P. The Morgan fingerprint density at radius 2 is 0.767 bits per heavy atom. The molecule has 1 amide bonds. The largest absolute Gasteiger partial charge is 0.756 e. The van der Waals surface area contributed by atoms with Gasteiger partial charge in [-0.1, -0.05) is 288 Å². The van der Waals surface area contributed by atoms with Crippen molar-refractivity contribution in [2.45, 2.75) is 328 Å². The fourth-order valence-electron chi connectivity index (χ4n) is 9.58. The zero-order chi connectivity index (χ0) is 53.5. The second-order valence-corrected chi connectivity index (χ2v) is 24.5. The van der Waals surface area contributed by atoms with E-state index in [0.29, 0.717) is 17.4 Å². The van der Waals surface area contributed by atoms with Crippen LogP contribution in [-0.4, -0.2) is 68.5 Å². The first-order valence-corrected chi connectivity index (χ1v) is 33.3. The van der Waals surface area contributed by atoms with Gasteiger partial charge in [-0.05, 0) is 57.8 Å². The molecule has 0 aromatic rings. The van der Waals surface area contributed by atoms with E-state index in [1.807, 2.05) is 27.2 Å². The minimum Gasteiger partial charge on any atom is -0.756 e. The van der Waals surface area contributed by atoms with Crippen molar-refractivity contribution >= 4 is 13.7 Å². The second-order valence-electron chi connectivity index (χ2n) is 23.1. The van der Waals surface area contributed by atoms with Gasteiger partial charge in [-0.25, -0.2) is 0 Å². The zero-order valence-corrected chi connectivity index (χ0v) is 50.3. The number of likely N-dealkylation sites (N-methyl/N-ethyl adjacent to an activating group) is 1. The van der Waals surface area contributed by atoms with Crippen LogP contribution in [0.2, 0.25) is 0 Å². The fourth-order valence-corrected chi connectivity index (χ4v) is 10.3. The van der Waals surface area contributed by atoms with Gasteiger partial charge in [0.25, 0.3) is 7.82 Å². The molecule has 0 aliphatic heterocycles. The Morgan fingerprint density at radius 3 is 1.11 bits per heavy atom. The van der Waals surface area contributed by atoms with E-state index in [1.54, 1.807) is 6.08 Å². The number of hydrogen-bond donors (Lipinski definition) is 2. The molecule has 432 valence electrons. The summed E-state index contributed by atoms with van der Waals surface area (Å²) in [4.78, 5) is 25.5. The molecule has 3 unspecified atom stereocenters. The van der Waals surface area contributed by atoms with Crippen LogP contribution >= 0.6 is 7.82 Å². The van der Waals surface area contributed by atoms with Gasteiger partial charge in [0, 0.05) is 6.42 Å². The summed E-state index contributed by atoms with van der Waals surface area (Å²) < 4.78 is 23.3. The number of allylic oxidation sites excluding steroid dienone is 5. The van der Waals surface area contributed by atoms with Gasteiger partial charge in [0.05, 0.1) is 39.9 Å². The van der Waals surface area contributed by atoms with Crippen LogP contribution in [0.3, 0.4) is 0 Å². The molecule has 0 saturated carbocycles. The van der Waals surface area contributed by atoms with Crippen LogP contribution in [0.1, 0.15) is 316 Å². The number of amides is 1. The standard InChI is InChI=1S/C64H125N2O6P/c1-6-8-10-12-14-16-18-20-22-24-25-26-27-28-29-30-31-32-33-34-35-36-37-38-39-40-41-42-44-46-48-50-52-54-56-58-64(68)65-62(61-72-73(69,70)71-60-59-66(3,4)5)63(67)57-55-53-51-49-47-45-43-23-21-19-17-15-13-11-9-7-2/h24-25,47,49,55,57,62-63,67H,6-23,26-46,48,50-54,56,58-61H2,1-5H3,(H-,65,68,69,70)/b25-24-,49-47+,57-55+. The third-order valence-corrected chi connectivity index (χ3v) is 15.5. The van der Waals surface area contributed by atoms with E-state index in [4.69, 9.17) is 9.05 Å². The monoisotopic (exact) mass is 1050 g/mol. The molecular weight excluding hydrogens is 924 g/mol. The van der Waals surface area contributed by atoms with Gasteiger partial charge in [0.2, 0.25) is 5.91 Å². The maximum absolute atomic E-state index is 13.0. The maximum atomic E-state index is 13.0. The van der Waals surface area contributed by atoms with Crippen LogP contribution in [0.5, 0.6) is 0 Å². The van der Waals surface area contributed by atoms with Crippen molar-refractivity contribution in [2.75, 3.05) is 40.9 Å². The van der Waals surface area contributed by atoms with E-state index >= 15 is 0 Å². The molecule has 0 bridgehead atoms. The number of hydrogen-bond acceptors (Lipinski definition) is 6. The van der Waals surface area contributed by atoms with Gasteiger partial charge in [0.15, 0.2) is 0 Å². The quantitative estimate of drug-likeness (QED) is 0.0272. The van der Waals surface area contributed by atoms with Crippen molar-refractivity contribution in [2.24, 2.45) is 0 Å². The van der Waals surface area contributed by atoms with E-state index in [-0.39, 0.29) is 19.1 Å². The highest BCUT2D eigenvalue weighted by molar-refractivity contribution is 7.45. The zero-order valence-electron chi connectivity index (χ0n) is 49.4. The van der Waals surface area contributed by atoms with Crippen molar-refractivity contribution in [1.82, 2.24) is 5.32 Å².